The number of hydrogen-bond donors (Lipinski definition) is 2. The SMILES string of the molecule is OCc1[nH]c2ccc(Cl)cc2c1Br. The lowest BCUT2D eigenvalue weighted by atomic mass is 10.2. The third kappa shape index (κ3) is 1.47. The summed E-state index contributed by atoms with van der Waals surface area (Å²) in [5.74, 6) is 0. The highest BCUT2D eigenvalue weighted by Crippen LogP contribution is 2.29. The van der Waals surface area contributed by atoms with E-state index in [4.69, 9.17) is 16.7 Å². The molecular formula is C9H7BrClNO. The van der Waals surface area contributed by atoms with Crippen LogP contribution in [0, 0.1) is 0 Å². The van der Waals surface area contributed by atoms with Crippen LogP contribution in [0.25, 0.3) is 10.9 Å². The van der Waals surface area contributed by atoms with E-state index in [0.717, 1.165) is 21.1 Å². The Balaban J connectivity index is 2.77. The molecule has 0 amide bonds. The average Bonchev–Trinajstić information content (AvgIpc) is 2.44. The van der Waals surface area contributed by atoms with Crippen molar-refractivity contribution in [2.24, 2.45) is 0 Å². The molecule has 0 radical (unpaired) electrons. The van der Waals surface area contributed by atoms with Gasteiger partial charge in [-0.15, -0.1) is 0 Å². The fraction of sp³-hybridized carbons (Fsp3) is 0.111. The van der Waals surface area contributed by atoms with Crippen LogP contribution in [0.2, 0.25) is 5.02 Å². The second-order valence-corrected chi connectivity index (χ2v) is 3.99. The topological polar surface area (TPSA) is 36.0 Å². The molecule has 0 aliphatic rings. The quantitative estimate of drug-likeness (QED) is 0.812. The molecule has 1 heterocycles. The molecule has 0 aliphatic heterocycles. The van der Waals surface area contributed by atoms with Crippen molar-refractivity contribution in [1.82, 2.24) is 4.98 Å². The Bertz CT molecular complexity index is 452. The van der Waals surface area contributed by atoms with Gasteiger partial charge in [0.15, 0.2) is 0 Å². The number of aliphatic hydroxyl groups is 1. The van der Waals surface area contributed by atoms with Gasteiger partial charge in [0, 0.05) is 20.4 Å². The van der Waals surface area contributed by atoms with Crippen molar-refractivity contribution in [1.29, 1.82) is 0 Å². The zero-order chi connectivity index (χ0) is 9.42. The minimum absolute atomic E-state index is 0.00706. The minimum Gasteiger partial charge on any atom is -0.390 e. The molecule has 0 spiro atoms. The van der Waals surface area contributed by atoms with Crippen LogP contribution in [0.1, 0.15) is 5.69 Å². The van der Waals surface area contributed by atoms with Crippen molar-refractivity contribution in [3.8, 4) is 0 Å². The first kappa shape index (κ1) is 9.06. The molecule has 0 saturated heterocycles. The highest BCUT2D eigenvalue weighted by molar-refractivity contribution is 9.10. The van der Waals surface area contributed by atoms with E-state index in [2.05, 4.69) is 20.9 Å². The molecular weight excluding hydrogens is 253 g/mol. The molecule has 2 rings (SSSR count). The number of aliphatic hydroxyl groups excluding tert-OH is 1. The van der Waals surface area contributed by atoms with E-state index in [0.29, 0.717) is 5.02 Å². The average molecular weight is 261 g/mol. The molecule has 13 heavy (non-hydrogen) atoms. The molecule has 2 nitrogen and oxygen atoms in total. The second kappa shape index (κ2) is 3.33. The van der Waals surface area contributed by atoms with Gasteiger partial charge in [-0.05, 0) is 34.1 Å². The summed E-state index contributed by atoms with van der Waals surface area (Å²) in [6, 6.07) is 5.56. The molecule has 0 saturated carbocycles. The summed E-state index contributed by atoms with van der Waals surface area (Å²) in [4.78, 5) is 3.09. The molecule has 0 bridgehead atoms. The lowest BCUT2D eigenvalue weighted by molar-refractivity contribution is 0.277. The van der Waals surface area contributed by atoms with Crippen molar-refractivity contribution in [2.75, 3.05) is 0 Å². The van der Waals surface area contributed by atoms with Crippen molar-refractivity contribution >= 4 is 38.4 Å². The highest BCUT2D eigenvalue weighted by atomic mass is 79.9. The van der Waals surface area contributed by atoms with Crippen LogP contribution in [-0.2, 0) is 6.61 Å². The first-order chi connectivity index (χ1) is 6.22. The lowest BCUT2D eigenvalue weighted by Crippen LogP contribution is -1.81. The van der Waals surface area contributed by atoms with Crippen LogP contribution in [0.3, 0.4) is 0 Å². The maximum atomic E-state index is 8.99. The normalized spacial score (nSPS) is 11.0. The summed E-state index contributed by atoms with van der Waals surface area (Å²) < 4.78 is 0.882. The Morgan fingerprint density at radius 2 is 2.23 bits per heavy atom. The Morgan fingerprint density at radius 3 is 2.92 bits per heavy atom. The van der Waals surface area contributed by atoms with Gasteiger partial charge in [-0.25, -0.2) is 0 Å². The van der Waals surface area contributed by atoms with Crippen LogP contribution in [-0.4, -0.2) is 10.1 Å². The maximum Gasteiger partial charge on any atom is 0.0842 e. The van der Waals surface area contributed by atoms with Crippen LogP contribution in [0.15, 0.2) is 22.7 Å². The molecule has 0 unspecified atom stereocenters. The first-order valence-electron chi connectivity index (χ1n) is 3.79. The van der Waals surface area contributed by atoms with Gasteiger partial charge in [-0.2, -0.15) is 0 Å². The molecule has 0 aliphatic carbocycles. The van der Waals surface area contributed by atoms with Crippen LogP contribution >= 0.6 is 27.5 Å². The Kier molecular flexibility index (Phi) is 2.32. The van der Waals surface area contributed by atoms with Crippen molar-refractivity contribution in [3.63, 3.8) is 0 Å². The van der Waals surface area contributed by atoms with E-state index >= 15 is 0 Å². The summed E-state index contributed by atoms with van der Waals surface area (Å²) in [5.41, 5.74) is 1.75. The van der Waals surface area contributed by atoms with Gasteiger partial charge in [0.25, 0.3) is 0 Å². The van der Waals surface area contributed by atoms with Gasteiger partial charge >= 0.3 is 0 Å². The molecule has 0 atom stereocenters. The van der Waals surface area contributed by atoms with Gasteiger partial charge in [-0.1, -0.05) is 11.6 Å². The molecule has 68 valence electrons. The maximum absolute atomic E-state index is 8.99. The number of aromatic nitrogens is 1. The molecule has 4 heteroatoms. The Labute approximate surface area is 88.7 Å². The van der Waals surface area contributed by atoms with E-state index in [1.54, 1.807) is 0 Å². The van der Waals surface area contributed by atoms with E-state index < -0.39 is 0 Å². The highest BCUT2D eigenvalue weighted by Gasteiger charge is 2.07. The zero-order valence-corrected chi connectivity index (χ0v) is 8.98. The van der Waals surface area contributed by atoms with Gasteiger partial charge in [0.2, 0.25) is 0 Å². The number of halogens is 2. The predicted octanol–water partition coefficient (Wildman–Crippen LogP) is 3.08. The minimum atomic E-state index is -0.00706. The van der Waals surface area contributed by atoms with E-state index in [9.17, 15) is 0 Å². The van der Waals surface area contributed by atoms with E-state index in [1.807, 2.05) is 18.2 Å². The van der Waals surface area contributed by atoms with Crippen LogP contribution < -0.4 is 0 Å². The summed E-state index contributed by atoms with van der Waals surface area (Å²) >= 11 is 9.24. The fourth-order valence-corrected chi connectivity index (χ4v) is 2.02. The van der Waals surface area contributed by atoms with Gasteiger partial charge in [-0.3, -0.25) is 0 Å². The third-order valence-corrected chi connectivity index (χ3v) is 3.07. The Hall–Kier alpha value is -0.510. The first-order valence-corrected chi connectivity index (χ1v) is 4.96. The summed E-state index contributed by atoms with van der Waals surface area (Å²) in [7, 11) is 0. The lowest BCUT2D eigenvalue weighted by Gasteiger charge is -1.91. The van der Waals surface area contributed by atoms with Gasteiger partial charge in [0.05, 0.1) is 12.3 Å². The van der Waals surface area contributed by atoms with Gasteiger partial charge < -0.3 is 10.1 Å². The van der Waals surface area contributed by atoms with E-state index in [1.165, 1.54) is 0 Å². The van der Waals surface area contributed by atoms with Crippen molar-refractivity contribution in [2.45, 2.75) is 6.61 Å². The number of benzene rings is 1. The van der Waals surface area contributed by atoms with Crippen molar-refractivity contribution in [3.05, 3.63) is 33.4 Å². The zero-order valence-electron chi connectivity index (χ0n) is 6.64. The fourth-order valence-electron chi connectivity index (χ4n) is 1.30. The van der Waals surface area contributed by atoms with E-state index in [-0.39, 0.29) is 6.61 Å². The summed E-state index contributed by atoms with van der Waals surface area (Å²) in [6.45, 7) is -0.00706. The van der Waals surface area contributed by atoms with Crippen LogP contribution in [0.5, 0.6) is 0 Å². The number of fused-ring (bicyclic) bond motifs is 1. The third-order valence-electron chi connectivity index (χ3n) is 1.93. The predicted molar refractivity (Wildman–Crippen MR) is 56.9 cm³/mol. The summed E-state index contributed by atoms with van der Waals surface area (Å²) in [5, 5.41) is 10.7. The number of H-pyrrole nitrogens is 1. The monoisotopic (exact) mass is 259 g/mol. The molecule has 2 aromatic rings. The number of hydrogen-bond acceptors (Lipinski definition) is 1. The summed E-state index contributed by atoms with van der Waals surface area (Å²) in [6.07, 6.45) is 0. The molecule has 2 N–H and O–H groups in total. The van der Waals surface area contributed by atoms with Crippen molar-refractivity contribution < 1.29 is 5.11 Å². The van der Waals surface area contributed by atoms with Crippen LogP contribution in [0.4, 0.5) is 0 Å². The number of nitrogens with one attached hydrogen (secondary N) is 1. The molecule has 1 aromatic heterocycles. The number of rotatable bonds is 1. The standard InChI is InChI=1S/C9H7BrClNO/c10-9-6-3-5(11)1-2-7(6)12-8(9)4-13/h1-3,12-13H,4H2. The molecule has 0 fully saturated rings. The largest absolute Gasteiger partial charge is 0.390 e. The Morgan fingerprint density at radius 1 is 1.46 bits per heavy atom. The second-order valence-electron chi connectivity index (χ2n) is 2.77. The smallest absolute Gasteiger partial charge is 0.0842 e. The van der Waals surface area contributed by atoms with Gasteiger partial charge in [0.1, 0.15) is 0 Å². The number of aromatic amines is 1. The molecule has 1 aromatic carbocycles.